The molecule has 0 atom stereocenters. The first-order chi connectivity index (χ1) is 11.7. The largest absolute Gasteiger partial charge is 0.381 e. The van der Waals surface area contributed by atoms with Crippen LogP contribution < -0.4 is 10.6 Å². The van der Waals surface area contributed by atoms with Crippen LogP contribution in [0.1, 0.15) is 12.8 Å². The molecule has 2 aromatic rings. The van der Waals surface area contributed by atoms with Gasteiger partial charge in [-0.2, -0.15) is 0 Å². The Bertz CT molecular complexity index is 745. The van der Waals surface area contributed by atoms with Gasteiger partial charge in [-0.3, -0.25) is 4.79 Å². The van der Waals surface area contributed by atoms with E-state index in [4.69, 9.17) is 10.5 Å². The number of amides is 1. The molecule has 1 amide bonds. The summed E-state index contributed by atoms with van der Waals surface area (Å²) < 4.78 is 6.45. The number of hydrogen-bond acceptors (Lipinski definition) is 7. The Morgan fingerprint density at radius 2 is 1.85 bits per heavy atom. The maximum atomic E-state index is 12.8. The van der Waals surface area contributed by atoms with Crippen molar-refractivity contribution in [2.45, 2.75) is 18.4 Å². The Labute approximate surface area is 168 Å². The van der Waals surface area contributed by atoms with Crippen LogP contribution in [0, 0.1) is 0 Å². The van der Waals surface area contributed by atoms with Gasteiger partial charge in [0.15, 0.2) is 0 Å². The molecule has 144 valence electrons. The Kier molecular flexibility index (Phi) is 7.04. The van der Waals surface area contributed by atoms with E-state index < -0.39 is 5.54 Å². The number of fused-ring (bicyclic) bond motifs is 1. The molecule has 2 aliphatic heterocycles. The van der Waals surface area contributed by atoms with Gasteiger partial charge in [0.25, 0.3) is 0 Å². The van der Waals surface area contributed by atoms with Crippen LogP contribution in [-0.2, 0) is 9.53 Å². The molecule has 26 heavy (non-hydrogen) atoms. The van der Waals surface area contributed by atoms with Gasteiger partial charge in [0.05, 0.1) is 15.8 Å². The molecule has 0 bridgehead atoms. The maximum absolute atomic E-state index is 12.8. The summed E-state index contributed by atoms with van der Waals surface area (Å²) in [5, 5.41) is 2.03. The Hall–Kier alpha value is -1.19. The van der Waals surface area contributed by atoms with E-state index in [9.17, 15) is 4.79 Å². The van der Waals surface area contributed by atoms with Gasteiger partial charge in [-0.1, -0.05) is 0 Å². The smallest absolute Gasteiger partial charge is 0.242 e. The highest BCUT2D eigenvalue weighted by Crippen LogP contribution is 2.29. The van der Waals surface area contributed by atoms with Crippen molar-refractivity contribution in [3.05, 3.63) is 17.8 Å². The van der Waals surface area contributed by atoms with Crippen LogP contribution >= 0.6 is 36.2 Å². The number of piperazine rings is 1. The summed E-state index contributed by atoms with van der Waals surface area (Å²) in [7, 11) is 0. The van der Waals surface area contributed by atoms with Gasteiger partial charge in [-0.05, 0) is 24.3 Å². The van der Waals surface area contributed by atoms with Crippen LogP contribution in [0.15, 0.2) is 17.8 Å². The highest BCUT2D eigenvalue weighted by Gasteiger charge is 2.39. The quantitative estimate of drug-likeness (QED) is 0.796. The molecule has 2 N–H and O–H groups in total. The molecule has 2 saturated heterocycles. The Balaban J connectivity index is 0.00000121. The molecule has 0 radical (unpaired) electrons. The molecule has 4 rings (SSSR count). The lowest BCUT2D eigenvalue weighted by Crippen LogP contribution is -2.61. The molecular weight excluding hydrogens is 397 g/mol. The molecule has 0 unspecified atom stereocenters. The third kappa shape index (κ3) is 3.89. The lowest BCUT2D eigenvalue weighted by atomic mass is 9.89. The first kappa shape index (κ1) is 21.1. The molecular formula is C16H23Cl2N5O2S. The minimum atomic E-state index is -0.754. The van der Waals surface area contributed by atoms with Crippen molar-refractivity contribution in [2.24, 2.45) is 5.73 Å². The van der Waals surface area contributed by atoms with Crippen LogP contribution in [0.4, 0.5) is 5.82 Å². The second-order valence-corrected chi connectivity index (χ2v) is 7.30. The van der Waals surface area contributed by atoms with Gasteiger partial charge in [0.2, 0.25) is 5.91 Å². The number of anilines is 1. The van der Waals surface area contributed by atoms with Crippen LogP contribution in [-0.4, -0.2) is 65.7 Å². The fourth-order valence-corrected chi connectivity index (χ4v) is 4.25. The first-order valence-electron chi connectivity index (χ1n) is 8.26. The zero-order chi connectivity index (χ0) is 16.6. The molecule has 0 spiro atoms. The third-order valence-corrected chi connectivity index (χ3v) is 5.80. The van der Waals surface area contributed by atoms with Crippen LogP contribution in [0.5, 0.6) is 0 Å². The van der Waals surface area contributed by atoms with E-state index in [0.29, 0.717) is 39.1 Å². The zero-order valence-corrected chi connectivity index (χ0v) is 16.7. The molecule has 7 nitrogen and oxygen atoms in total. The van der Waals surface area contributed by atoms with Crippen molar-refractivity contribution in [3.63, 3.8) is 0 Å². The van der Waals surface area contributed by atoms with Gasteiger partial charge >= 0.3 is 0 Å². The average Bonchev–Trinajstić information content (AvgIpc) is 3.11. The summed E-state index contributed by atoms with van der Waals surface area (Å²) in [6, 6.07) is 2.01. The highest BCUT2D eigenvalue weighted by molar-refractivity contribution is 7.17. The van der Waals surface area contributed by atoms with E-state index in [1.165, 1.54) is 0 Å². The summed E-state index contributed by atoms with van der Waals surface area (Å²) >= 11 is 1.66. The predicted molar refractivity (Wildman–Crippen MR) is 108 cm³/mol. The summed E-state index contributed by atoms with van der Waals surface area (Å²) in [5.74, 6) is 1.03. The highest BCUT2D eigenvalue weighted by atomic mass is 35.5. The normalized spacial score (nSPS) is 19.6. The maximum Gasteiger partial charge on any atom is 0.242 e. The SMILES string of the molecule is Cl.Cl.NC1(C(=O)N2CCN(c3ncnc4ccsc34)CC2)CCOCC1. The minimum Gasteiger partial charge on any atom is -0.381 e. The number of ether oxygens (including phenoxy) is 1. The van der Waals surface area contributed by atoms with E-state index >= 15 is 0 Å². The number of carbonyl (C=O) groups excluding carboxylic acids is 1. The molecule has 2 fully saturated rings. The van der Waals surface area contributed by atoms with E-state index in [1.54, 1.807) is 17.7 Å². The number of aromatic nitrogens is 2. The predicted octanol–water partition coefficient (Wildman–Crippen LogP) is 1.69. The molecule has 4 heterocycles. The summed E-state index contributed by atoms with van der Waals surface area (Å²) in [5.41, 5.74) is 6.56. The summed E-state index contributed by atoms with van der Waals surface area (Å²) in [6.45, 7) is 4.02. The molecule has 0 saturated carbocycles. The first-order valence-corrected chi connectivity index (χ1v) is 9.14. The second kappa shape index (κ2) is 8.67. The lowest BCUT2D eigenvalue weighted by Gasteiger charge is -2.41. The molecule has 0 aliphatic carbocycles. The van der Waals surface area contributed by atoms with Crippen molar-refractivity contribution in [1.29, 1.82) is 0 Å². The van der Waals surface area contributed by atoms with Gasteiger partial charge < -0.3 is 20.3 Å². The number of hydrogen-bond donors (Lipinski definition) is 1. The lowest BCUT2D eigenvalue weighted by molar-refractivity contribution is -0.140. The number of carbonyl (C=O) groups is 1. The number of halogens is 2. The standard InChI is InChI=1S/C16H21N5O2S.2ClH/c17-16(2-8-23-9-3-16)15(22)21-6-4-20(5-7-21)14-13-12(1-10-24-13)18-11-19-14;;/h1,10-11H,2-9,17H2;2*1H. The van der Waals surface area contributed by atoms with Crippen molar-refractivity contribution in [2.75, 3.05) is 44.3 Å². The molecule has 2 aromatic heterocycles. The number of thiophene rings is 1. The molecule has 2 aliphatic rings. The van der Waals surface area contributed by atoms with Gasteiger partial charge in [-0.25, -0.2) is 9.97 Å². The zero-order valence-electron chi connectivity index (χ0n) is 14.3. The van der Waals surface area contributed by atoms with Crippen LogP contribution in [0.2, 0.25) is 0 Å². The van der Waals surface area contributed by atoms with Gasteiger partial charge in [0, 0.05) is 39.4 Å². The van der Waals surface area contributed by atoms with Gasteiger partial charge in [-0.15, -0.1) is 36.2 Å². The number of nitrogens with two attached hydrogens (primary N) is 1. The second-order valence-electron chi connectivity index (χ2n) is 6.38. The van der Waals surface area contributed by atoms with Gasteiger partial charge in [0.1, 0.15) is 12.1 Å². The van der Waals surface area contributed by atoms with E-state index in [-0.39, 0.29) is 30.7 Å². The Morgan fingerprint density at radius 3 is 2.54 bits per heavy atom. The minimum absolute atomic E-state index is 0. The Morgan fingerprint density at radius 1 is 1.15 bits per heavy atom. The van der Waals surface area contributed by atoms with Crippen molar-refractivity contribution < 1.29 is 9.53 Å². The topological polar surface area (TPSA) is 84.6 Å². The molecule has 0 aromatic carbocycles. The van der Waals surface area contributed by atoms with E-state index in [2.05, 4.69) is 14.9 Å². The van der Waals surface area contributed by atoms with Crippen molar-refractivity contribution >= 4 is 58.1 Å². The monoisotopic (exact) mass is 419 g/mol. The average molecular weight is 420 g/mol. The van der Waals surface area contributed by atoms with E-state index in [0.717, 1.165) is 29.1 Å². The fraction of sp³-hybridized carbons (Fsp3) is 0.562. The molecule has 10 heteroatoms. The number of nitrogens with zero attached hydrogens (tertiary/aromatic N) is 4. The third-order valence-electron chi connectivity index (χ3n) is 4.90. The summed E-state index contributed by atoms with van der Waals surface area (Å²) in [4.78, 5) is 25.7. The van der Waals surface area contributed by atoms with Crippen molar-refractivity contribution in [3.8, 4) is 0 Å². The van der Waals surface area contributed by atoms with Crippen LogP contribution in [0.25, 0.3) is 10.2 Å². The van der Waals surface area contributed by atoms with Crippen LogP contribution in [0.3, 0.4) is 0 Å². The van der Waals surface area contributed by atoms with E-state index in [1.807, 2.05) is 16.3 Å². The number of rotatable bonds is 2. The van der Waals surface area contributed by atoms with Crippen molar-refractivity contribution in [1.82, 2.24) is 14.9 Å². The summed E-state index contributed by atoms with van der Waals surface area (Å²) in [6.07, 6.45) is 2.82. The fourth-order valence-electron chi connectivity index (χ4n) is 3.39.